The molecule has 0 unspecified atom stereocenters. The van der Waals surface area contributed by atoms with E-state index in [9.17, 15) is 31.5 Å². The van der Waals surface area contributed by atoms with Gasteiger partial charge in [-0.25, -0.2) is 22.0 Å². The van der Waals surface area contributed by atoms with Gasteiger partial charge in [-0.3, -0.25) is 9.59 Å². The van der Waals surface area contributed by atoms with Gasteiger partial charge in [0.1, 0.15) is 11.6 Å². The minimum absolute atomic E-state index is 0.328. The quantitative estimate of drug-likeness (QED) is 0.376. The molecule has 0 aromatic heterocycles. The zero-order valence-electron chi connectivity index (χ0n) is 10.1. The third kappa shape index (κ3) is 2.96. The van der Waals surface area contributed by atoms with Crippen LogP contribution in [0.2, 0.25) is 0 Å². The summed E-state index contributed by atoms with van der Waals surface area (Å²) in [5.41, 5.74) is -1.39. The molecule has 21 heavy (non-hydrogen) atoms. The summed E-state index contributed by atoms with van der Waals surface area (Å²) in [5, 5.41) is 0. The molecule has 2 nitrogen and oxygen atoms in total. The second kappa shape index (κ2) is 5.43. The van der Waals surface area contributed by atoms with Gasteiger partial charge in [-0.1, -0.05) is 0 Å². The van der Waals surface area contributed by atoms with Crippen LogP contribution in [-0.4, -0.2) is 11.6 Å². The molecule has 2 aromatic carbocycles. The Kier molecular flexibility index (Phi) is 3.84. The Morgan fingerprint density at radius 3 is 1.43 bits per heavy atom. The second-order valence-corrected chi connectivity index (χ2v) is 4.07. The first-order valence-electron chi connectivity index (χ1n) is 5.49. The van der Waals surface area contributed by atoms with E-state index in [4.69, 9.17) is 0 Å². The van der Waals surface area contributed by atoms with Crippen LogP contribution in [0.25, 0.3) is 0 Å². The Balaban J connectivity index is 2.42. The molecule has 0 atom stereocenters. The van der Waals surface area contributed by atoms with Crippen LogP contribution >= 0.6 is 0 Å². The molecule has 0 N–H and O–H groups in total. The second-order valence-electron chi connectivity index (χ2n) is 4.07. The Morgan fingerprint density at radius 2 is 1.00 bits per heavy atom. The van der Waals surface area contributed by atoms with Crippen molar-refractivity contribution in [2.45, 2.75) is 0 Å². The van der Waals surface area contributed by atoms with Crippen LogP contribution in [0.4, 0.5) is 22.0 Å². The molecule has 0 bridgehead atoms. The lowest BCUT2D eigenvalue weighted by molar-refractivity contribution is 0.0816. The van der Waals surface area contributed by atoms with E-state index in [0.717, 1.165) is 0 Å². The predicted octanol–water partition coefficient (Wildman–Crippen LogP) is 3.45. The van der Waals surface area contributed by atoms with Crippen molar-refractivity contribution in [1.82, 2.24) is 0 Å². The Labute approximate surface area is 114 Å². The fraction of sp³-hybridized carbons (Fsp3) is 0. The van der Waals surface area contributed by atoms with Crippen LogP contribution in [-0.2, 0) is 0 Å². The van der Waals surface area contributed by atoms with Gasteiger partial charge in [-0.15, -0.1) is 0 Å². The van der Waals surface area contributed by atoms with E-state index in [1.807, 2.05) is 0 Å². The number of Topliss-reactive ketones (excluding diaryl/α,β-unsaturated/α-hetero) is 2. The van der Waals surface area contributed by atoms with Crippen molar-refractivity contribution in [1.29, 1.82) is 0 Å². The topological polar surface area (TPSA) is 34.1 Å². The van der Waals surface area contributed by atoms with E-state index >= 15 is 0 Å². The summed E-state index contributed by atoms with van der Waals surface area (Å²) in [6.45, 7) is 0. The normalized spacial score (nSPS) is 10.5. The maximum Gasteiger partial charge on any atom is 0.233 e. The molecular weight excluding hydrogens is 295 g/mol. The van der Waals surface area contributed by atoms with Crippen LogP contribution < -0.4 is 0 Å². The van der Waals surface area contributed by atoms with E-state index in [1.165, 1.54) is 0 Å². The molecule has 2 aromatic rings. The summed E-state index contributed by atoms with van der Waals surface area (Å²) in [6.07, 6.45) is 0. The van der Waals surface area contributed by atoms with Crippen molar-refractivity contribution in [2.75, 3.05) is 0 Å². The number of carbonyl (C=O) groups excluding carboxylic acids is 2. The predicted molar refractivity (Wildman–Crippen MR) is 61.3 cm³/mol. The molecule has 0 spiro atoms. The van der Waals surface area contributed by atoms with Gasteiger partial charge in [0.05, 0.1) is 0 Å². The maximum absolute atomic E-state index is 13.0. The number of carbonyl (C=O) groups is 2. The third-order valence-corrected chi connectivity index (χ3v) is 2.58. The number of benzene rings is 2. The number of hydrogen-bond acceptors (Lipinski definition) is 2. The Morgan fingerprint density at radius 1 is 0.619 bits per heavy atom. The highest BCUT2D eigenvalue weighted by Gasteiger charge is 2.22. The molecule has 108 valence electrons. The fourth-order valence-electron chi connectivity index (χ4n) is 1.63. The first kappa shape index (κ1) is 14.8. The summed E-state index contributed by atoms with van der Waals surface area (Å²) in [4.78, 5) is 23.5. The van der Waals surface area contributed by atoms with Crippen LogP contribution in [0.3, 0.4) is 0 Å². The molecule has 0 aliphatic carbocycles. The van der Waals surface area contributed by atoms with Gasteiger partial charge in [0.25, 0.3) is 0 Å². The fourth-order valence-corrected chi connectivity index (χ4v) is 1.63. The Bertz CT molecular complexity index is 712. The van der Waals surface area contributed by atoms with Crippen molar-refractivity contribution in [3.05, 3.63) is 70.5 Å². The third-order valence-electron chi connectivity index (χ3n) is 2.58. The molecular formula is C14H5F5O2. The molecule has 0 aliphatic rings. The average Bonchev–Trinajstić information content (AvgIpc) is 2.41. The Hall–Kier alpha value is -2.57. The molecule has 0 radical (unpaired) electrons. The van der Waals surface area contributed by atoms with Crippen LogP contribution in [0.1, 0.15) is 20.7 Å². The van der Waals surface area contributed by atoms with Gasteiger partial charge in [0.15, 0.2) is 17.5 Å². The zero-order chi connectivity index (χ0) is 15.7. The minimum Gasteiger partial charge on any atom is -0.285 e. The van der Waals surface area contributed by atoms with Crippen LogP contribution in [0.15, 0.2) is 30.3 Å². The first-order chi connectivity index (χ1) is 9.79. The van der Waals surface area contributed by atoms with Crippen molar-refractivity contribution in [2.24, 2.45) is 0 Å². The van der Waals surface area contributed by atoms with Gasteiger partial charge in [0, 0.05) is 17.2 Å². The number of ketones is 2. The highest BCUT2D eigenvalue weighted by atomic mass is 19.2. The number of rotatable bonds is 3. The first-order valence-corrected chi connectivity index (χ1v) is 5.49. The van der Waals surface area contributed by atoms with E-state index in [-0.39, 0.29) is 0 Å². The standard InChI is InChI=1S/C14H5F5O2/c15-8-1-6(2-9(16)5-8)13(20)14(21)7-3-10(17)12(19)11(18)4-7/h1-5H. The molecule has 0 heterocycles. The highest BCUT2D eigenvalue weighted by Crippen LogP contribution is 2.16. The van der Waals surface area contributed by atoms with E-state index < -0.39 is 51.8 Å². The van der Waals surface area contributed by atoms with Crippen molar-refractivity contribution in [3.63, 3.8) is 0 Å². The summed E-state index contributed by atoms with van der Waals surface area (Å²) in [6, 6.07) is 2.33. The van der Waals surface area contributed by atoms with Crippen molar-refractivity contribution >= 4 is 11.6 Å². The highest BCUT2D eigenvalue weighted by molar-refractivity contribution is 6.49. The molecule has 0 saturated heterocycles. The number of hydrogen-bond donors (Lipinski definition) is 0. The van der Waals surface area contributed by atoms with Crippen molar-refractivity contribution in [3.8, 4) is 0 Å². The minimum atomic E-state index is -1.80. The molecule has 0 saturated carbocycles. The number of halogens is 5. The summed E-state index contributed by atoms with van der Waals surface area (Å²) >= 11 is 0. The lowest BCUT2D eigenvalue weighted by Crippen LogP contribution is -2.16. The monoisotopic (exact) mass is 300 g/mol. The van der Waals surface area contributed by atoms with Gasteiger partial charge < -0.3 is 0 Å². The summed E-state index contributed by atoms with van der Waals surface area (Å²) in [7, 11) is 0. The molecule has 0 amide bonds. The summed E-state index contributed by atoms with van der Waals surface area (Å²) in [5.74, 6) is -10.1. The lowest BCUT2D eigenvalue weighted by atomic mass is 10.0. The van der Waals surface area contributed by atoms with Crippen molar-refractivity contribution < 1.29 is 31.5 Å². The molecule has 0 fully saturated rings. The largest absolute Gasteiger partial charge is 0.285 e. The van der Waals surface area contributed by atoms with E-state index in [2.05, 4.69) is 0 Å². The van der Waals surface area contributed by atoms with E-state index in [1.54, 1.807) is 0 Å². The van der Waals surface area contributed by atoms with Gasteiger partial charge in [-0.2, -0.15) is 0 Å². The van der Waals surface area contributed by atoms with Gasteiger partial charge in [0.2, 0.25) is 11.6 Å². The summed E-state index contributed by atoms with van der Waals surface area (Å²) < 4.78 is 64.7. The zero-order valence-corrected chi connectivity index (χ0v) is 10.1. The van der Waals surface area contributed by atoms with Gasteiger partial charge >= 0.3 is 0 Å². The smallest absolute Gasteiger partial charge is 0.233 e. The van der Waals surface area contributed by atoms with Crippen LogP contribution in [0, 0.1) is 29.1 Å². The average molecular weight is 300 g/mol. The molecule has 7 heteroatoms. The lowest BCUT2D eigenvalue weighted by Gasteiger charge is -2.03. The SMILES string of the molecule is O=C(C(=O)c1cc(F)c(F)c(F)c1)c1cc(F)cc(F)c1. The van der Waals surface area contributed by atoms with Gasteiger partial charge in [-0.05, 0) is 24.3 Å². The maximum atomic E-state index is 13.0. The molecule has 0 aliphatic heterocycles. The molecule has 2 rings (SSSR count). The van der Waals surface area contributed by atoms with E-state index in [0.29, 0.717) is 30.3 Å². The van der Waals surface area contributed by atoms with Crippen LogP contribution in [0.5, 0.6) is 0 Å².